The van der Waals surface area contributed by atoms with E-state index in [2.05, 4.69) is 20.6 Å². The van der Waals surface area contributed by atoms with Crippen molar-refractivity contribution in [3.63, 3.8) is 0 Å². The molecule has 2 aromatic carbocycles. The zero-order valence-electron chi connectivity index (χ0n) is 24.3. The van der Waals surface area contributed by atoms with Crippen molar-refractivity contribution >= 4 is 51.8 Å². The van der Waals surface area contributed by atoms with Gasteiger partial charge in [-0.15, -0.1) is 0 Å². The van der Waals surface area contributed by atoms with Crippen molar-refractivity contribution in [1.29, 1.82) is 5.26 Å². The first-order valence-electron chi connectivity index (χ1n) is 13.3. The smallest absolute Gasteiger partial charge is 0.265 e. The van der Waals surface area contributed by atoms with Gasteiger partial charge in [0.2, 0.25) is 5.95 Å². The minimum absolute atomic E-state index is 0.0433. The number of pyridine rings is 1. The summed E-state index contributed by atoms with van der Waals surface area (Å²) in [7, 11) is 4.61. The van der Waals surface area contributed by atoms with E-state index in [-0.39, 0.29) is 44.8 Å². The second kappa shape index (κ2) is 13.6. The lowest BCUT2D eigenvalue weighted by Crippen LogP contribution is -2.24. The van der Waals surface area contributed by atoms with E-state index in [9.17, 15) is 14.9 Å². The van der Waals surface area contributed by atoms with Gasteiger partial charge in [-0.2, -0.15) is 10.2 Å². The van der Waals surface area contributed by atoms with Gasteiger partial charge in [0.1, 0.15) is 28.8 Å². The van der Waals surface area contributed by atoms with Gasteiger partial charge in [0.05, 0.1) is 29.8 Å². The number of ether oxygens (including phenoxy) is 2. The van der Waals surface area contributed by atoms with Gasteiger partial charge in [-0.25, -0.2) is 4.98 Å². The van der Waals surface area contributed by atoms with E-state index in [1.54, 1.807) is 49.7 Å². The zero-order chi connectivity index (χ0) is 31.3. The number of allylic oxidation sites excluding steroid dienone is 1. The van der Waals surface area contributed by atoms with E-state index in [1.165, 1.54) is 18.8 Å². The minimum atomic E-state index is -0.484. The van der Waals surface area contributed by atoms with Gasteiger partial charge in [0, 0.05) is 42.5 Å². The predicted molar refractivity (Wildman–Crippen MR) is 169 cm³/mol. The quantitative estimate of drug-likeness (QED) is 0.160. The van der Waals surface area contributed by atoms with Crippen molar-refractivity contribution in [2.75, 3.05) is 31.9 Å². The number of amides is 1. The standard InChI is InChI=1S/C31H30Cl2N6O4/c1-17(2)11-19(15-34)29(40)37-21-8-6-7-18(12-21)9-10-39-28-20(16-36-31(35-3)38-28)13-22(30(39)41)25-26(32)23(42-4)14-24(43-5)27(25)33/h6-8,11-14,16-17H,9-10H2,1-5H3,(H,37,40)(H,35,36,38)/b19-11+. The molecule has 0 aliphatic rings. The number of hydrogen-bond acceptors (Lipinski definition) is 8. The van der Waals surface area contributed by atoms with E-state index >= 15 is 0 Å². The average Bonchev–Trinajstić information content (AvgIpc) is 2.99. The van der Waals surface area contributed by atoms with Crippen molar-refractivity contribution in [3.8, 4) is 28.7 Å². The highest BCUT2D eigenvalue weighted by Crippen LogP contribution is 2.45. The van der Waals surface area contributed by atoms with Crippen LogP contribution in [-0.2, 0) is 17.8 Å². The number of methoxy groups -OCH3 is 2. The minimum Gasteiger partial charge on any atom is -0.495 e. The number of nitriles is 1. The van der Waals surface area contributed by atoms with Crippen LogP contribution in [0.3, 0.4) is 0 Å². The van der Waals surface area contributed by atoms with Gasteiger partial charge in [-0.05, 0) is 36.1 Å². The zero-order valence-corrected chi connectivity index (χ0v) is 25.8. The molecule has 43 heavy (non-hydrogen) atoms. The summed E-state index contributed by atoms with van der Waals surface area (Å²) in [5, 5.41) is 16.0. The van der Waals surface area contributed by atoms with Gasteiger partial charge < -0.3 is 20.1 Å². The molecule has 0 aliphatic carbocycles. The number of benzene rings is 2. The fourth-order valence-electron chi connectivity index (χ4n) is 4.53. The third-order valence-corrected chi connectivity index (χ3v) is 7.32. The van der Waals surface area contributed by atoms with Crippen LogP contribution in [-0.4, -0.2) is 41.7 Å². The van der Waals surface area contributed by atoms with E-state index in [4.69, 9.17) is 32.7 Å². The largest absolute Gasteiger partial charge is 0.495 e. The van der Waals surface area contributed by atoms with Crippen molar-refractivity contribution in [2.24, 2.45) is 5.92 Å². The highest BCUT2D eigenvalue weighted by molar-refractivity contribution is 6.41. The molecule has 4 rings (SSSR count). The average molecular weight is 622 g/mol. The maximum atomic E-state index is 14.1. The summed E-state index contributed by atoms with van der Waals surface area (Å²) < 4.78 is 12.4. The van der Waals surface area contributed by atoms with E-state index in [0.29, 0.717) is 40.6 Å². The first-order valence-corrected chi connectivity index (χ1v) is 14.1. The molecule has 0 atom stereocenters. The monoisotopic (exact) mass is 620 g/mol. The summed E-state index contributed by atoms with van der Waals surface area (Å²) >= 11 is 13.4. The van der Waals surface area contributed by atoms with Gasteiger partial charge in [0.25, 0.3) is 11.5 Å². The molecule has 4 aromatic rings. The first kappa shape index (κ1) is 31.3. The first-order chi connectivity index (χ1) is 20.6. The predicted octanol–water partition coefficient (Wildman–Crippen LogP) is 6.11. The molecule has 0 fully saturated rings. The Balaban J connectivity index is 1.78. The molecule has 10 nitrogen and oxygen atoms in total. The van der Waals surface area contributed by atoms with E-state index in [0.717, 1.165) is 5.56 Å². The SMILES string of the molecule is CNc1ncc2cc(-c3c(Cl)c(OC)cc(OC)c3Cl)c(=O)n(CCc3cccc(NC(=O)/C(C#N)=C/C(C)C)c3)c2n1. The molecule has 12 heteroatoms. The van der Waals surface area contributed by atoms with Gasteiger partial charge in [-0.1, -0.05) is 55.3 Å². The van der Waals surface area contributed by atoms with Gasteiger partial charge in [0.15, 0.2) is 0 Å². The Morgan fingerprint density at radius 2 is 1.84 bits per heavy atom. The van der Waals surface area contributed by atoms with Crippen molar-refractivity contribution in [2.45, 2.75) is 26.8 Å². The number of carbonyl (C=O) groups is 1. The van der Waals surface area contributed by atoms with E-state index < -0.39 is 5.91 Å². The Morgan fingerprint density at radius 3 is 2.44 bits per heavy atom. The molecule has 2 N–H and O–H groups in total. The Morgan fingerprint density at radius 1 is 1.14 bits per heavy atom. The van der Waals surface area contributed by atoms with Crippen LogP contribution < -0.4 is 25.7 Å². The summed E-state index contributed by atoms with van der Waals surface area (Å²) in [5.74, 6) is 0.507. The highest BCUT2D eigenvalue weighted by Gasteiger charge is 2.23. The molecule has 0 saturated heterocycles. The number of nitrogens with one attached hydrogen (secondary N) is 2. The number of hydrogen-bond donors (Lipinski definition) is 2. The fraction of sp³-hybridized carbons (Fsp3) is 0.258. The summed E-state index contributed by atoms with van der Waals surface area (Å²) in [6.45, 7) is 4.01. The normalized spacial score (nSPS) is 11.4. The van der Waals surface area contributed by atoms with Crippen LogP contribution in [0.2, 0.25) is 10.0 Å². The van der Waals surface area contributed by atoms with Crippen LogP contribution >= 0.6 is 23.2 Å². The number of fused-ring (bicyclic) bond motifs is 1. The molecule has 0 radical (unpaired) electrons. The molecule has 0 bridgehead atoms. The Hall–Kier alpha value is -4.59. The number of nitrogens with zero attached hydrogens (tertiary/aromatic N) is 4. The van der Waals surface area contributed by atoms with Crippen LogP contribution in [0, 0.1) is 17.2 Å². The molecule has 2 heterocycles. The summed E-state index contributed by atoms with van der Waals surface area (Å²) in [4.78, 5) is 35.6. The molecule has 0 aliphatic heterocycles. The summed E-state index contributed by atoms with van der Waals surface area (Å²) in [6, 6.07) is 12.4. The Kier molecular flexibility index (Phi) is 9.91. The van der Waals surface area contributed by atoms with Crippen LogP contribution in [0.25, 0.3) is 22.2 Å². The van der Waals surface area contributed by atoms with Gasteiger partial charge >= 0.3 is 0 Å². The maximum absolute atomic E-state index is 14.1. The van der Waals surface area contributed by atoms with Crippen LogP contribution in [0.5, 0.6) is 11.5 Å². The third kappa shape index (κ3) is 6.74. The third-order valence-electron chi connectivity index (χ3n) is 6.57. The molecule has 2 aromatic heterocycles. The number of aryl methyl sites for hydroxylation is 2. The Labute approximate surface area is 258 Å². The maximum Gasteiger partial charge on any atom is 0.265 e. The molecule has 1 amide bonds. The van der Waals surface area contributed by atoms with Crippen molar-refractivity contribution < 1.29 is 14.3 Å². The number of carbonyl (C=O) groups excluding carboxylic acids is 1. The number of aromatic nitrogens is 3. The second-order valence-electron chi connectivity index (χ2n) is 9.86. The molecular weight excluding hydrogens is 591 g/mol. The summed E-state index contributed by atoms with van der Waals surface area (Å²) in [5.41, 5.74) is 1.94. The molecule has 222 valence electrons. The molecular formula is C31H30Cl2N6O4. The highest BCUT2D eigenvalue weighted by atomic mass is 35.5. The molecule has 0 spiro atoms. The van der Waals surface area contributed by atoms with Crippen LogP contribution in [0.15, 0.2) is 59.0 Å². The lowest BCUT2D eigenvalue weighted by molar-refractivity contribution is -0.112. The van der Waals surface area contributed by atoms with E-state index in [1.807, 2.05) is 26.0 Å². The number of halogens is 2. The lowest BCUT2D eigenvalue weighted by Gasteiger charge is -2.17. The topological polar surface area (TPSA) is 131 Å². The lowest BCUT2D eigenvalue weighted by atomic mass is 10.0. The van der Waals surface area contributed by atoms with Crippen LogP contribution in [0.1, 0.15) is 19.4 Å². The van der Waals surface area contributed by atoms with Gasteiger partial charge in [-0.3, -0.25) is 14.2 Å². The summed E-state index contributed by atoms with van der Waals surface area (Å²) in [6.07, 6.45) is 3.64. The molecule has 0 unspecified atom stereocenters. The van der Waals surface area contributed by atoms with Crippen LogP contribution in [0.4, 0.5) is 11.6 Å². The fourth-order valence-corrected chi connectivity index (χ4v) is 5.23. The number of rotatable bonds is 10. The number of anilines is 2. The second-order valence-corrected chi connectivity index (χ2v) is 10.6. The van der Waals surface area contributed by atoms with Crippen molar-refractivity contribution in [1.82, 2.24) is 14.5 Å². The van der Waals surface area contributed by atoms with Crippen molar-refractivity contribution in [3.05, 3.63) is 80.2 Å². The Bertz CT molecular complexity index is 1800. The molecule has 0 saturated carbocycles.